The lowest BCUT2D eigenvalue weighted by molar-refractivity contribution is -0.384. The minimum Gasteiger partial charge on any atom is -0.489 e. The van der Waals surface area contributed by atoms with Gasteiger partial charge in [0.15, 0.2) is 5.43 Å². The Bertz CT molecular complexity index is 1210. The van der Waals surface area contributed by atoms with Gasteiger partial charge in [0, 0.05) is 23.8 Å². The summed E-state index contributed by atoms with van der Waals surface area (Å²) in [7, 11) is 0. The van der Waals surface area contributed by atoms with Gasteiger partial charge in [-0.25, -0.2) is 0 Å². The molecule has 4 rings (SSSR count). The molecule has 6 nitrogen and oxygen atoms in total. The molecule has 0 atom stereocenters. The van der Waals surface area contributed by atoms with Crippen LogP contribution >= 0.6 is 0 Å². The van der Waals surface area contributed by atoms with Crippen LogP contribution in [0.25, 0.3) is 22.3 Å². The van der Waals surface area contributed by atoms with Crippen molar-refractivity contribution in [3.63, 3.8) is 0 Å². The van der Waals surface area contributed by atoms with Gasteiger partial charge < -0.3 is 9.15 Å². The van der Waals surface area contributed by atoms with Gasteiger partial charge in [0.25, 0.3) is 5.69 Å². The maximum Gasteiger partial charge on any atom is 0.269 e. The third kappa shape index (κ3) is 3.61. The second kappa shape index (κ2) is 7.36. The highest BCUT2D eigenvalue weighted by molar-refractivity contribution is 5.78. The van der Waals surface area contributed by atoms with E-state index in [0.29, 0.717) is 22.5 Å². The van der Waals surface area contributed by atoms with Gasteiger partial charge >= 0.3 is 0 Å². The highest BCUT2D eigenvalue weighted by atomic mass is 16.6. The third-order valence-corrected chi connectivity index (χ3v) is 4.31. The van der Waals surface area contributed by atoms with Crippen LogP contribution in [-0.4, -0.2) is 4.92 Å². The van der Waals surface area contributed by atoms with E-state index in [1.165, 1.54) is 18.2 Å². The molecule has 3 aromatic carbocycles. The number of hydrogen-bond donors (Lipinski definition) is 0. The standard InChI is InChI=1S/C22H15NO5/c24-20-13-22(28-21-7-2-1-6-19(20)21)16-4-3-5-18(12-16)27-14-15-8-10-17(11-9-15)23(25)26/h1-13H,14H2. The lowest BCUT2D eigenvalue weighted by Crippen LogP contribution is -2.00. The number of rotatable bonds is 5. The van der Waals surface area contributed by atoms with Crippen LogP contribution in [0.15, 0.2) is 88.1 Å². The summed E-state index contributed by atoms with van der Waals surface area (Å²) in [4.78, 5) is 22.6. The number of nitro groups is 1. The summed E-state index contributed by atoms with van der Waals surface area (Å²) in [5, 5.41) is 11.3. The largest absolute Gasteiger partial charge is 0.489 e. The first-order valence-corrected chi connectivity index (χ1v) is 8.59. The first kappa shape index (κ1) is 17.5. The number of non-ortho nitro benzene ring substituents is 1. The molecule has 1 aromatic heterocycles. The molecule has 0 bridgehead atoms. The SMILES string of the molecule is O=c1cc(-c2cccc(OCc3ccc([N+](=O)[O-])cc3)c2)oc2ccccc12. The summed E-state index contributed by atoms with van der Waals surface area (Å²) in [6.45, 7) is 0.267. The number of benzene rings is 3. The topological polar surface area (TPSA) is 82.6 Å². The van der Waals surface area contributed by atoms with E-state index < -0.39 is 4.92 Å². The molecular weight excluding hydrogens is 358 g/mol. The molecule has 0 spiro atoms. The fourth-order valence-electron chi connectivity index (χ4n) is 2.87. The van der Waals surface area contributed by atoms with Crippen LogP contribution in [0, 0.1) is 10.1 Å². The van der Waals surface area contributed by atoms with Crippen LogP contribution in [0.5, 0.6) is 5.75 Å². The zero-order valence-electron chi connectivity index (χ0n) is 14.7. The van der Waals surface area contributed by atoms with Gasteiger partial charge in [0.2, 0.25) is 0 Å². The number of nitro benzene ring substituents is 1. The molecule has 0 unspecified atom stereocenters. The molecule has 0 amide bonds. The lowest BCUT2D eigenvalue weighted by atomic mass is 10.1. The molecule has 0 aliphatic heterocycles. The van der Waals surface area contributed by atoms with E-state index in [1.54, 1.807) is 42.5 Å². The predicted molar refractivity (Wildman–Crippen MR) is 105 cm³/mol. The molecule has 0 N–H and O–H groups in total. The molecule has 0 aliphatic rings. The van der Waals surface area contributed by atoms with Crippen molar-refractivity contribution in [3.8, 4) is 17.1 Å². The van der Waals surface area contributed by atoms with E-state index in [9.17, 15) is 14.9 Å². The van der Waals surface area contributed by atoms with E-state index in [-0.39, 0.29) is 17.7 Å². The Labute approximate surface area is 159 Å². The van der Waals surface area contributed by atoms with Crippen molar-refractivity contribution in [1.29, 1.82) is 0 Å². The maximum atomic E-state index is 12.3. The number of ether oxygens (including phenoxy) is 1. The normalized spacial score (nSPS) is 10.7. The summed E-state index contributed by atoms with van der Waals surface area (Å²) in [6, 6.07) is 22.0. The van der Waals surface area contributed by atoms with Gasteiger partial charge in [-0.2, -0.15) is 0 Å². The molecule has 28 heavy (non-hydrogen) atoms. The van der Waals surface area contributed by atoms with Crippen molar-refractivity contribution < 1.29 is 14.1 Å². The first-order valence-electron chi connectivity index (χ1n) is 8.59. The number of para-hydroxylation sites is 1. The van der Waals surface area contributed by atoms with Crippen molar-refractivity contribution >= 4 is 16.7 Å². The van der Waals surface area contributed by atoms with E-state index in [4.69, 9.17) is 9.15 Å². The average Bonchev–Trinajstić information content (AvgIpc) is 2.73. The fourth-order valence-corrected chi connectivity index (χ4v) is 2.87. The van der Waals surface area contributed by atoms with Gasteiger partial charge in [-0.3, -0.25) is 14.9 Å². The molecule has 1 heterocycles. The Morgan fingerprint density at radius 2 is 1.71 bits per heavy atom. The van der Waals surface area contributed by atoms with E-state index >= 15 is 0 Å². The molecule has 0 radical (unpaired) electrons. The average molecular weight is 373 g/mol. The quantitative estimate of drug-likeness (QED) is 0.365. The summed E-state index contributed by atoms with van der Waals surface area (Å²) in [5.74, 6) is 1.07. The summed E-state index contributed by atoms with van der Waals surface area (Å²) in [6.07, 6.45) is 0. The molecule has 0 fully saturated rings. The van der Waals surface area contributed by atoms with Crippen molar-refractivity contribution in [1.82, 2.24) is 0 Å². The smallest absolute Gasteiger partial charge is 0.269 e. The predicted octanol–water partition coefficient (Wildman–Crippen LogP) is 4.95. The second-order valence-electron chi connectivity index (χ2n) is 6.21. The minimum atomic E-state index is -0.439. The lowest BCUT2D eigenvalue weighted by Gasteiger charge is -2.08. The zero-order valence-corrected chi connectivity index (χ0v) is 14.7. The number of fused-ring (bicyclic) bond motifs is 1. The molecule has 138 valence electrons. The Hall–Kier alpha value is -3.93. The van der Waals surface area contributed by atoms with Crippen molar-refractivity contribution in [2.75, 3.05) is 0 Å². The van der Waals surface area contributed by atoms with E-state index in [0.717, 1.165) is 11.1 Å². The monoisotopic (exact) mass is 373 g/mol. The third-order valence-electron chi connectivity index (χ3n) is 4.31. The van der Waals surface area contributed by atoms with Crippen LogP contribution < -0.4 is 10.2 Å². The van der Waals surface area contributed by atoms with Gasteiger partial charge in [-0.05, 0) is 42.0 Å². The zero-order chi connectivity index (χ0) is 19.5. The molecule has 0 aliphatic carbocycles. The summed E-state index contributed by atoms with van der Waals surface area (Å²) < 4.78 is 11.6. The van der Waals surface area contributed by atoms with Crippen LogP contribution in [-0.2, 0) is 6.61 Å². The molecule has 6 heteroatoms. The molecule has 4 aromatic rings. The maximum absolute atomic E-state index is 12.3. The highest BCUT2D eigenvalue weighted by Gasteiger charge is 2.08. The molecular formula is C22H15NO5. The Morgan fingerprint density at radius 1 is 0.929 bits per heavy atom. The van der Waals surface area contributed by atoms with Crippen molar-refractivity contribution in [3.05, 3.63) is 105 Å². The van der Waals surface area contributed by atoms with Crippen molar-refractivity contribution in [2.24, 2.45) is 0 Å². The Kier molecular flexibility index (Phi) is 4.60. The number of nitrogens with zero attached hydrogens (tertiary/aromatic N) is 1. The number of hydrogen-bond acceptors (Lipinski definition) is 5. The van der Waals surface area contributed by atoms with Crippen LogP contribution in [0.3, 0.4) is 0 Å². The van der Waals surface area contributed by atoms with E-state index in [1.807, 2.05) is 18.2 Å². The summed E-state index contributed by atoms with van der Waals surface area (Å²) in [5.41, 5.74) is 2.01. The van der Waals surface area contributed by atoms with Crippen LogP contribution in [0.2, 0.25) is 0 Å². The van der Waals surface area contributed by atoms with Gasteiger partial charge in [-0.15, -0.1) is 0 Å². The second-order valence-corrected chi connectivity index (χ2v) is 6.21. The Balaban J connectivity index is 1.56. The van der Waals surface area contributed by atoms with Crippen molar-refractivity contribution in [2.45, 2.75) is 6.61 Å². The highest BCUT2D eigenvalue weighted by Crippen LogP contribution is 2.26. The first-order chi connectivity index (χ1) is 13.6. The van der Waals surface area contributed by atoms with Crippen LogP contribution in [0.1, 0.15) is 5.56 Å². The van der Waals surface area contributed by atoms with Gasteiger partial charge in [-0.1, -0.05) is 24.3 Å². The molecule has 0 saturated heterocycles. The summed E-state index contributed by atoms with van der Waals surface area (Å²) >= 11 is 0. The van der Waals surface area contributed by atoms with Gasteiger partial charge in [0.1, 0.15) is 23.7 Å². The fraction of sp³-hybridized carbons (Fsp3) is 0.0455. The van der Waals surface area contributed by atoms with E-state index in [2.05, 4.69) is 0 Å². The van der Waals surface area contributed by atoms with Gasteiger partial charge in [0.05, 0.1) is 10.3 Å². The van der Waals surface area contributed by atoms with Crippen LogP contribution in [0.4, 0.5) is 5.69 Å². The molecule has 0 saturated carbocycles. The minimum absolute atomic E-state index is 0.0390. The Morgan fingerprint density at radius 3 is 2.50 bits per heavy atom.